The molecular formula is C26H31ClFN7OS. The molecule has 0 atom stereocenters. The van der Waals surface area contributed by atoms with Crippen LogP contribution in [0.4, 0.5) is 21.6 Å². The second kappa shape index (κ2) is 12.6. The number of aromatic nitrogens is 3. The fourth-order valence-electron chi connectivity index (χ4n) is 4.38. The summed E-state index contributed by atoms with van der Waals surface area (Å²) in [6, 6.07) is 9.83. The van der Waals surface area contributed by atoms with Crippen LogP contribution in [0.2, 0.25) is 5.02 Å². The zero-order chi connectivity index (χ0) is 26.4. The lowest BCUT2D eigenvalue weighted by Gasteiger charge is -2.42. The number of hydrogen-bond donors (Lipinski definition) is 4. The molecule has 0 unspecified atom stereocenters. The number of nitrogens with zero attached hydrogens (tertiary/aromatic N) is 4. The number of thiol groups is 1. The standard InChI is InChI=1S/C26H31ClFN7OS/c1-3-9-35(10-8-29-2)19-11-16(12-19)25(36)32-24-14-18(6-7-30-24)31-23-15-22(33-34-26(23)37)20-13-17(27)4-5-21(20)28/h4-7,13-16,19,29H,3,8-12H2,1-2H3,(H,34,37)(H2,30,31,32,33,36). The lowest BCUT2D eigenvalue weighted by atomic mass is 9.78. The van der Waals surface area contributed by atoms with Crippen LogP contribution in [-0.2, 0) is 4.79 Å². The highest BCUT2D eigenvalue weighted by Crippen LogP contribution is 2.33. The van der Waals surface area contributed by atoms with Gasteiger partial charge in [-0.2, -0.15) is 0 Å². The first-order valence-electron chi connectivity index (χ1n) is 12.3. The smallest absolute Gasteiger partial charge is 0.228 e. The van der Waals surface area contributed by atoms with Gasteiger partial charge in [0.1, 0.15) is 16.7 Å². The molecule has 2 heterocycles. The summed E-state index contributed by atoms with van der Waals surface area (Å²) in [7, 11) is 1.96. The van der Waals surface area contributed by atoms with Crippen molar-refractivity contribution in [3.8, 4) is 11.3 Å². The number of anilines is 3. The third-order valence-electron chi connectivity index (χ3n) is 6.43. The Kier molecular flexibility index (Phi) is 9.31. The number of carbonyl (C=O) groups is 1. The van der Waals surface area contributed by atoms with Crippen molar-refractivity contribution < 1.29 is 9.18 Å². The summed E-state index contributed by atoms with van der Waals surface area (Å²) in [6.07, 6.45) is 4.40. The van der Waals surface area contributed by atoms with Gasteiger partial charge in [-0.05, 0) is 63.2 Å². The number of nitrogens with one attached hydrogen (secondary N) is 3. The Hall–Kier alpha value is -2.79. The number of likely N-dealkylation sites (N-methyl/N-ethyl adjacent to an activating group) is 1. The van der Waals surface area contributed by atoms with E-state index in [1.165, 1.54) is 18.2 Å². The first kappa shape index (κ1) is 27.3. The molecule has 1 aliphatic rings. The molecule has 1 saturated carbocycles. The van der Waals surface area contributed by atoms with Crippen LogP contribution >= 0.6 is 24.2 Å². The molecule has 1 amide bonds. The van der Waals surface area contributed by atoms with Crippen molar-refractivity contribution in [1.29, 1.82) is 0 Å². The topological polar surface area (TPSA) is 95.1 Å². The van der Waals surface area contributed by atoms with E-state index in [2.05, 4.69) is 55.6 Å². The summed E-state index contributed by atoms with van der Waals surface area (Å²) >= 11 is 10.4. The maximum atomic E-state index is 14.3. The van der Waals surface area contributed by atoms with Crippen molar-refractivity contribution in [3.63, 3.8) is 0 Å². The average molecular weight is 544 g/mol. The summed E-state index contributed by atoms with van der Waals surface area (Å²) in [6.45, 7) is 5.14. The lowest BCUT2D eigenvalue weighted by molar-refractivity contribution is -0.124. The highest BCUT2D eigenvalue weighted by molar-refractivity contribution is 7.80. The summed E-state index contributed by atoms with van der Waals surface area (Å²) < 4.78 is 14.3. The first-order chi connectivity index (χ1) is 17.9. The fourth-order valence-corrected chi connectivity index (χ4v) is 4.72. The van der Waals surface area contributed by atoms with E-state index in [1.807, 2.05) is 7.05 Å². The highest BCUT2D eigenvalue weighted by atomic mass is 35.5. The largest absolute Gasteiger partial charge is 0.353 e. The van der Waals surface area contributed by atoms with Crippen LogP contribution in [-0.4, -0.2) is 58.7 Å². The number of carbonyl (C=O) groups excluding carboxylic acids is 1. The SMILES string of the molecule is CCCN(CCNC)C1CC(C(=O)Nc2cc(Nc3cc(-c4cc(Cl)ccc4F)nnc3S)ccn2)C1. The minimum Gasteiger partial charge on any atom is -0.353 e. The van der Waals surface area contributed by atoms with E-state index in [4.69, 9.17) is 11.6 Å². The molecule has 1 aliphatic carbocycles. The van der Waals surface area contributed by atoms with Crippen molar-refractivity contribution in [2.75, 3.05) is 37.3 Å². The zero-order valence-electron chi connectivity index (χ0n) is 20.8. The van der Waals surface area contributed by atoms with E-state index in [9.17, 15) is 9.18 Å². The molecule has 11 heteroatoms. The van der Waals surface area contributed by atoms with Crippen molar-refractivity contribution in [3.05, 3.63) is 53.4 Å². The van der Waals surface area contributed by atoms with Crippen LogP contribution in [0, 0.1) is 11.7 Å². The van der Waals surface area contributed by atoms with Gasteiger partial charge in [0, 0.05) is 53.6 Å². The second-order valence-electron chi connectivity index (χ2n) is 9.10. The van der Waals surface area contributed by atoms with Crippen LogP contribution in [0.5, 0.6) is 0 Å². The van der Waals surface area contributed by atoms with Gasteiger partial charge in [0.15, 0.2) is 0 Å². The molecule has 0 bridgehead atoms. The molecule has 3 N–H and O–H groups in total. The molecule has 1 fully saturated rings. The monoisotopic (exact) mass is 543 g/mol. The Balaban J connectivity index is 1.40. The molecule has 0 aliphatic heterocycles. The third kappa shape index (κ3) is 6.95. The molecule has 37 heavy (non-hydrogen) atoms. The van der Waals surface area contributed by atoms with Gasteiger partial charge >= 0.3 is 0 Å². The number of pyridine rings is 1. The van der Waals surface area contributed by atoms with E-state index in [0.29, 0.717) is 39.0 Å². The summed E-state index contributed by atoms with van der Waals surface area (Å²) in [5, 5.41) is 18.2. The van der Waals surface area contributed by atoms with Crippen LogP contribution in [0.15, 0.2) is 47.6 Å². The molecule has 196 valence electrons. The number of halogens is 2. The van der Waals surface area contributed by atoms with Crippen molar-refractivity contribution >= 4 is 47.3 Å². The van der Waals surface area contributed by atoms with Gasteiger partial charge in [0.2, 0.25) is 5.91 Å². The van der Waals surface area contributed by atoms with Gasteiger partial charge in [-0.25, -0.2) is 9.37 Å². The minimum atomic E-state index is -0.455. The van der Waals surface area contributed by atoms with Crippen molar-refractivity contribution in [2.45, 2.75) is 37.3 Å². The highest BCUT2D eigenvalue weighted by Gasteiger charge is 2.37. The second-order valence-corrected chi connectivity index (χ2v) is 9.96. The molecule has 0 radical (unpaired) electrons. The Morgan fingerprint density at radius 2 is 2.00 bits per heavy atom. The van der Waals surface area contributed by atoms with E-state index < -0.39 is 5.82 Å². The summed E-state index contributed by atoms with van der Waals surface area (Å²) in [4.78, 5) is 19.6. The quantitative estimate of drug-likeness (QED) is 0.252. The normalized spacial score (nSPS) is 16.9. The van der Waals surface area contributed by atoms with Gasteiger partial charge in [-0.3, -0.25) is 9.69 Å². The maximum absolute atomic E-state index is 14.3. The predicted octanol–water partition coefficient (Wildman–Crippen LogP) is 5.01. The van der Waals surface area contributed by atoms with Crippen molar-refractivity contribution in [1.82, 2.24) is 25.4 Å². The first-order valence-corrected chi connectivity index (χ1v) is 13.1. The molecular weight excluding hydrogens is 513 g/mol. The van der Waals surface area contributed by atoms with Crippen LogP contribution in [0.25, 0.3) is 11.3 Å². The number of hydrogen-bond acceptors (Lipinski definition) is 8. The number of rotatable bonds is 11. The summed E-state index contributed by atoms with van der Waals surface area (Å²) in [5.41, 5.74) is 1.74. The molecule has 0 spiro atoms. The Labute approximate surface area is 226 Å². The molecule has 4 rings (SSSR count). The molecule has 3 aromatic rings. The predicted molar refractivity (Wildman–Crippen MR) is 148 cm³/mol. The van der Waals surface area contributed by atoms with Gasteiger partial charge in [-0.1, -0.05) is 18.5 Å². The van der Waals surface area contributed by atoms with Crippen LogP contribution in [0.1, 0.15) is 26.2 Å². The number of benzene rings is 1. The molecule has 1 aromatic carbocycles. The van der Waals surface area contributed by atoms with Gasteiger partial charge in [0.25, 0.3) is 0 Å². The van der Waals surface area contributed by atoms with Gasteiger partial charge in [0.05, 0.1) is 11.4 Å². The van der Waals surface area contributed by atoms with E-state index >= 15 is 0 Å². The van der Waals surface area contributed by atoms with E-state index in [0.717, 1.165) is 38.9 Å². The Morgan fingerprint density at radius 3 is 2.76 bits per heavy atom. The lowest BCUT2D eigenvalue weighted by Crippen LogP contribution is -2.50. The van der Waals surface area contributed by atoms with Crippen LogP contribution < -0.4 is 16.0 Å². The molecule has 2 aromatic heterocycles. The van der Waals surface area contributed by atoms with E-state index in [-0.39, 0.29) is 17.4 Å². The van der Waals surface area contributed by atoms with Crippen molar-refractivity contribution in [2.24, 2.45) is 5.92 Å². The molecule has 0 saturated heterocycles. The van der Waals surface area contributed by atoms with Gasteiger partial charge in [-0.15, -0.1) is 22.8 Å². The van der Waals surface area contributed by atoms with E-state index in [1.54, 1.807) is 24.4 Å². The summed E-state index contributed by atoms with van der Waals surface area (Å²) in [5.74, 6) is -0.0578. The van der Waals surface area contributed by atoms with Crippen LogP contribution in [0.3, 0.4) is 0 Å². The minimum absolute atomic E-state index is 0.0230. The Morgan fingerprint density at radius 1 is 1.19 bits per heavy atom. The maximum Gasteiger partial charge on any atom is 0.228 e. The average Bonchev–Trinajstić information content (AvgIpc) is 2.85. The fraction of sp³-hybridized carbons (Fsp3) is 0.385. The third-order valence-corrected chi connectivity index (χ3v) is 6.99. The zero-order valence-corrected chi connectivity index (χ0v) is 22.5. The Bertz CT molecular complexity index is 1240. The number of amides is 1. The molecule has 8 nitrogen and oxygen atoms in total. The van der Waals surface area contributed by atoms with Gasteiger partial charge < -0.3 is 16.0 Å².